The fraction of sp³-hybridized carbons (Fsp3) is 0.111. The number of hydrogen-bond donors (Lipinski definition) is 5. The first-order valence-corrected chi connectivity index (χ1v) is 12.6. The first-order chi connectivity index (χ1) is 15.9. The van der Waals surface area contributed by atoms with E-state index in [2.05, 4.69) is 15.1 Å². The Labute approximate surface area is 196 Å². The molecule has 0 saturated carbocycles. The molecular formula is C18H16N2O11S3. The highest BCUT2D eigenvalue weighted by Gasteiger charge is 2.23. The van der Waals surface area contributed by atoms with Crippen LogP contribution >= 0.6 is 12.0 Å². The molecule has 5 N–H and O–H groups in total. The van der Waals surface area contributed by atoms with Crippen molar-refractivity contribution in [2.45, 2.75) is 14.7 Å². The summed E-state index contributed by atoms with van der Waals surface area (Å²) in [6, 6.07) is 7.85. The molecule has 0 aromatic heterocycles. The van der Waals surface area contributed by atoms with E-state index in [1.807, 2.05) is 0 Å². The lowest BCUT2D eigenvalue weighted by atomic mass is 10.1. The SMILES string of the molecule is O=S(=O)(O)c1ccc2c(N=Nc3cc(SOOCCO)ccc3O)c(O)c(S(=O)(=O)O)cc2c1. The van der Waals surface area contributed by atoms with Gasteiger partial charge in [-0.1, -0.05) is 6.07 Å². The number of aromatic hydroxyl groups is 2. The number of hydrogen-bond acceptors (Lipinski definition) is 12. The maximum atomic E-state index is 11.7. The molecule has 0 bridgehead atoms. The molecule has 0 radical (unpaired) electrons. The van der Waals surface area contributed by atoms with E-state index >= 15 is 0 Å². The number of aliphatic hydroxyl groups is 1. The van der Waals surface area contributed by atoms with Crippen molar-refractivity contribution < 1.29 is 50.5 Å². The molecule has 16 heteroatoms. The van der Waals surface area contributed by atoms with Crippen LogP contribution in [0.1, 0.15) is 0 Å². The molecule has 0 amide bonds. The third kappa shape index (κ3) is 5.99. The Bertz CT molecular complexity index is 1470. The van der Waals surface area contributed by atoms with Crippen LogP contribution in [0.15, 0.2) is 67.4 Å². The fourth-order valence-corrected chi connectivity index (χ4v) is 4.27. The zero-order valence-electron chi connectivity index (χ0n) is 16.8. The van der Waals surface area contributed by atoms with E-state index in [-0.39, 0.29) is 35.4 Å². The monoisotopic (exact) mass is 532 g/mol. The lowest BCUT2D eigenvalue weighted by Gasteiger charge is -2.10. The Morgan fingerprint density at radius 1 is 0.912 bits per heavy atom. The summed E-state index contributed by atoms with van der Waals surface area (Å²) in [6.45, 7) is -0.338. The zero-order chi connectivity index (χ0) is 25.1. The van der Waals surface area contributed by atoms with E-state index in [0.29, 0.717) is 4.90 Å². The van der Waals surface area contributed by atoms with Crippen LogP contribution in [-0.2, 0) is 29.5 Å². The second kappa shape index (κ2) is 10.2. The number of rotatable bonds is 9. The molecule has 3 aromatic carbocycles. The average Bonchev–Trinajstić information content (AvgIpc) is 2.75. The first-order valence-electron chi connectivity index (χ1n) is 8.98. The van der Waals surface area contributed by atoms with Gasteiger partial charge in [0.05, 0.1) is 23.5 Å². The third-order valence-corrected chi connectivity index (χ3v) is 6.48. The van der Waals surface area contributed by atoms with Gasteiger partial charge in [-0.05, 0) is 41.8 Å². The van der Waals surface area contributed by atoms with Crippen molar-refractivity contribution >= 4 is 54.4 Å². The summed E-state index contributed by atoms with van der Waals surface area (Å²) < 4.78 is 69.8. The molecule has 0 aliphatic heterocycles. The predicted molar refractivity (Wildman–Crippen MR) is 118 cm³/mol. The van der Waals surface area contributed by atoms with Crippen molar-refractivity contribution in [3.05, 3.63) is 42.5 Å². The summed E-state index contributed by atoms with van der Waals surface area (Å²) in [5.41, 5.74) is -0.595. The lowest BCUT2D eigenvalue weighted by molar-refractivity contribution is -0.196. The number of azo groups is 1. The van der Waals surface area contributed by atoms with Crippen LogP contribution in [0.3, 0.4) is 0 Å². The first kappa shape index (κ1) is 25.8. The zero-order valence-corrected chi connectivity index (χ0v) is 19.2. The van der Waals surface area contributed by atoms with Gasteiger partial charge in [0.1, 0.15) is 28.6 Å². The quantitative estimate of drug-likeness (QED) is 0.0671. The second-order valence-electron chi connectivity index (χ2n) is 6.45. The number of fused-ring (bicyclic) bond motifs is 1. The minimum absolute atomic E-state index is 0.0202. The van der Waals surface area contributed by atoms with Gasteiger partial charge in [0.2, 0.25) is 0 Å². The highest BCUT2D eigenvalue weighted by atomic mass is 32.2. The largest absolute Gasteiger partial charge is 0.506 e. The van der Waals surface area contributed by atoms with Gasteiger partial charge in [0.15, 0.2) is 5.75 Å². The van der Waals surface area contributed by atoms with E-state index < -0.39 is 41.5 Å². The molecule has 3 aromatic rings. The predicted octanol–water partition coefficient (Wildman–Crippen LogP) is 3.11. The summed E-state index contributed by atoms with van der Waals surface area (Å²) in [6.07, 6.45) is 0. The van der Waals surface area contributed by atoms with Crippen LogP contribution in [0.2, 0.25) is 0 Å². The molecule has 13 nitrogen and oxygen atoms in total. The molecule has 0 unspecified atom stereocenters. The summed E-state index contributed by atoms with van der Waals surface area (Å²) >= 11 is 0.732. The maximum Gasteiger partial charge on any atom is 0.298 e. The van der Waals surface area contributed by atoms with Gasteiger partial charge in [0, 0.05) is 10.3 Å². The third-order valence-electron chi connectivity index (χ3n) is 4.16. The van der Waals surface area contributed by atoms with Crippen LogP contribution in [-0.4, -0.2) is 54.5 Å². The lowest BCUT2D eigenvalue weighted by Crippen LogP contribution is -2.00. The smallest absolute Gasteiger partial charge is 0.298 e. The van der Waals surface area contributed by atoms with Gasteiger partial charge in [-0.15, -0.1) is 10.2 Å². The molecule has 0 heterocycles. The Morgan fingerprint density at radius 3 is 2.29 bits per heavy atom. The minimum atomic E-state index is -4.97. The van der Waals surface area contributed by atoms with Gasteiger partial charge in [-0.3, -0.25) is 9.11 Å². The Morgan fingerprint density at radius 2 is 1.65 bits per heavy atom. The number of aliphatic hydroxyl groups excluding tert-OH is 1. The van der Waals surface area contributed by atoms with E-state index in [1.54, 1.807) is 0 Å². The highest BCUT2D eigenvalue weighted by Crippen LogP contribution is 2.42. The minimum Gasteiger partial charge on any atom is -0.506 e. The molecule has 0 spiro atoms. The van der Waals surface area contributed by atoms with Crippen LogP contribution in [0.25, 0.3) is 10.8 Å². The van der Waals surface area contributed by atoms with Gasteiger partial charge in [0.25, 0.3) is 20.2 Å². The topological polar surface area (TPSA) is 213 Å². The van der Waals surface area contributed by atoms with Crippen molar-refractivity contribution in [3.8, 4) is 11.5 Å². The van der Waals surface area contributed by atoms with Crippen LogP contribution in [0.4, 0.5) is 11.4 Å². The molecule has 0 aliphatic carbocycles. The number of phenolic OH excluding ortho intramolecular Hbond substituents is 2. The van der Waals surface area contributed by atoms with Gasteiger partial charge >= 0.3 is 0 Å². The van der Waals surface area contributed by atoms with Gasteiger partial charge < -0.3 is 15.3 Å². The maximum absolute atomic E-state index is 11.7. The molecule has 0 saturated heterocycles. The van der Waals surface area contributed by atoms with Crippen molar-refractivity contribution in [3.63, 3.8) is 0 Å². The molecule has 0 aliphatic rings. The van der Waals surface area contributed by atoms with Crippen molar-refractivity contribution in [1.82, 2.24) is 0 Å². The van der Waals surface area contributed by atoms with E-state index in [9.17, 15) is 36.2 Å². The van der Waals surface area contributed by atoms with E-state index in [4.69, 9.17) is 9.44 Å². The molecule has 182 valence electrons. The number of benzene rings is 3. The molecule has 34 heavy (non-hydrogen) atoms. The summed E-state index contributed by atoms with van der Waals surface area (Å²) in [7, 11) is -9.62. The number of phenols is 2. The molecule has 0 atom stereocenters. The Balaban J connectivity index is 2.11. The fourth-order valence-electron chi connectivity index (χ4n) is 2.66. The Hall–Kier alpha value is -2.83. The van der Waals surface area contributed by atoms with Crippen LogP contribution in [0, 0.1) is 0 Å². The Kier molecular flexibility index (Phi) is 7.74. The van der Waals surface area contributed by atoms with Gasteiger partial charge in [-0.2, -0.15) is 21.2 Å². The van der Waals surface area contributed by atoms with Gasteiger partial charge in [-0.25, -0.2) is 4.89 Å². The number of nitrogens with zero attached hydrogens (tertiary/aromatic N) is 2. The van der Waals surface area contributed by atoms with Crippen LogP contribution < -0.4 is 0 Å². The van der Waals surface area contributed by atoms with Crippen molar-refractivity contribution in [2.75, 3.05) is 13.2 Å². The normalized spacial score (nSPS) is 12.6. The van der Waals surface area contributed by atoms with Crippen molar-refractivity contribution in [1.29, 1.82) is 0 Å². The molecular weight excluding hydrogens is 516 g/mol. The summed E-state index contributed by atoms with van der Waals surface area (Å²) in [5.74, 6) is -1.32. The van der Waals surface area contributed by atoms with E-state index in [1.165, 1.54) is 18.2 Å². The standard InChI is InChI=1S/C18H16N2O11S3/c21-5-6-30-31-32-11-1-4-15(22)14(9-11)19-20-17-13-3-2-12(33(24,25)26)7-10(13)8-16(18(17)23)34(27,28)29/h1-4,7-9,21-23H,5-6H2,(H,24,25,26)(H,27,28,29). The summed E-state index contributed by atoms with van der Waals surface area (Å²) in [5, 5.41) is 36.7. The van der Waals surface area contributed by atoms with E-state index in [0.717, 1.165) is 36.3 Å². The van der Waals surface area contributed by atoms with Crippen LogP contribution in [0.5, 0.6) is 11.5 Å². The average molecular weight is 533 g/mol. The second-order valence-corrected chi connectivity index (χ2v) is 10.0. The molecule has 0 fully saturated rings. The molecule has 3 rings (SSSR count). The van der Waals surface area contributed by atoms with Crippen molar-refractivity contribution in [2.24, 2.45) is 10.2 Å². The summed E-state index contributed by atoms with van der Waals surface area (Å²) in [4.78, 5) is 3.49. The highest BCUT2D eigenvalue weighted by molar-refractivity contribution is 7.94.